The van der Waals surface area contributed by atoms with Crippen LogP contribution in [0.3, 0.4) is 0 Å². The summed E-state index contributed by atoms with van der Waals surface area (Å²) in [6.45, 7) is 4.10. The highest BCUT2D eigenvalue weighted by atomic mass is 16.5. The van der Waals surface area contributed by atoms with Gasteiger partial charge in [0.15, 0.2) is 0 Å². The molecule has 3 nitrogen and oxygen atoms in total. The topological polar surface area (TPSA) is 34.4 Å². The minimum absolute atomic E-state index is 0.570. The molecule has 0 amide bonds. The molecule has 1 rings (SSSR count). The summed E-state index contributed by atoms with van der Waals surface area (Å²) in [5, 5.41) is 3.07. The molecule has 1 N–H and O–H groups in total. The van der Waals surface area contributed by atoms with Gasteiger partial charge in [0.1, 0.15) is 12.4 Å². The molecule has 0 spiro atoms. The first kappa shape index (κ1) is 9.29. The largest absolute Gasteiger partial charge is 0.467 e. The molecule has 1 aromatic heterocycles. The van der Waals surface area contributed by atoms with Crippen molar-refractivity contribution >= 4 is 0 Å². The molecule has 3 heteroatoms. The summed E-state index contributed by atoms with van der Waals surface area (Å²) < 4.78 is 10.5. The van der Waals surface area contributed by atoms with Crippen molar-refractivity contribution in [3.05, 3.63) is 23.7 Å². The van der Waals surface area contributed by atoms with Crippen LogP contribution in [0.2, 0.25) is 0 Å². The number of furan rings is 1. The Kier molecular flexibility index (Phi) is 3.84. The third kappa shape index (κ3) is 2.36. The molecule has 0 atom stereocenters. The Balaban J connectivity index is 2.51. The van der Waals surface area contributed by atoms with Gasteiger partial charge in [-0.2, -0.15) is 0 Å². The lowest BCUT2D eigenvalue weighted by atomic mass is 10.2. The van der Waals surface area contributed by atoms with Crippen LogP contribution in [0.5, 0.6) is 0 Å². The second kappa shape index (κ2) is 4.95. The third-order valence-corrected chi connectivity index (χ3v) is 1.64. The van der Waals surface area contributed by atoms with Crippen molar-refractivity contribution < 1.29 is 9.15 Å². The fourth-order valence-electron chi connectivity index (χ4n) is 1.04. The average molecular weight is 169 g/mol. The fraction of sp³-hybridized carbons (Fsp3) is 0.556. The zero-order valence-electron chi connectivity index (χ0n) is 7.59. The Hall–Kier alpha value is -0.800. The van der Waals surface area contributed by atoms with Crippen molar-refractivity contribution in [1.82, 2.24) is 5.32 Å². The van der Waals surface area contributed by atoms with Crippen molar-refractivity contribution in [2.75, 3.05) is 13.7 Å². The lowest BCUT2D eigenvalue weighted by Gasteiger charge is -2.01. The number of ether oxygens (including phenoxy) is 1. The highest BCUT2D eigenvalue weighted by Crippen LogP contribution is 2.11. The lowest BCUT2D eigenvalue weighted by molar-refractivity contribution is 0.117. The molecular formula is C9H15NO2. The van der Waals surface area contributed by atoms with E-state index < -0.39 is 0 Å². The molecule has 0 aromatic carbocycles. The van der Waals surface area contributed by atoms with Crippen LogP contribution in [0.15, 0.2) is 16.7 Å². The molecule has 0 aliphatic carbocycles. The predicted molar refractivity (Wildman–Crippen MR) is 46.8 cm³/mol. The molecule has 0 saturated heterocycles. The number of rotatable bonds is 5. The summed E-state index contributed by atoms with van der Waals surface area (Å²) >= 11 is 0. The van der Waals surface area contributed by atoms with E-state index >= 15 is 0 Å². The maximum atomic E-state index is 5.25. The van der Waals surface area contributed by atoms with Crippen molar-refractivity contribution in [2.45, 2.75) is 20.1 Å². The van der Waals surface area contributed by atoms with Gasteiger partial charge in [-0.05, 0) is 20.0 Å². The Morgan fingerprint density at radius 3 is 3.08 bits per heavy atom. The normalized spacial score (nSPS) is 10.5. The van der Waals surface area contributed by atoms with E-state index in [1.54, 1.807) is 6.26 Å². The average Bonchev–Trinajstić information content (AvgIpc) is 2.50. The van der Waals surface area contributed by atoms with Crippen LogP contribution in [-0.2, 0) is 17.9 Å². The Morgan fingerprint density at radius 2 is 2.42 bits per heavy atom. The molecule has 0 bridgehead atoms. The number of hydrogen-bond donors (Lipinski definition) is 1. The van der Waals surface area contributed by atoms with Crippen molar-refractivity contribution in [3.8, 4) is 0 Å². The molecule has 0 unspecified atom stereocenters. The van der Waals surface area contributed by atoms with Gasteiger partial charge in [-0.25, -0.2) is 0 Å². The second-order valence-electron chi connectivity index (χ2n) is 2.54. The quantitative estimate of drug-likeness (QED) is 0.726. The van der Waals surface area contributed by atoms with Crippen LogP contribution in [0.25, 0.3) is 0 Å². The second-order valence-corrected chi connectivity index (χ2v) is 2.54. The summed E-state index contributed by atoms with van der Waals surface area (Å²) in [5.74, 6) is 0.922. The van der Waals surface area contributed by atoms with E-state index in [0.29, 0.717) is 6.61 Å². The van der Waals surface area contributed by atoms with Crippen LogP contribution in [0.4, 0.5) is 0 Å². The zero-order valence-corrected chi connectivity index (χ0v) is 7.59. The molecule has 1 heterocycles. The minimum atomic E-state index is 0.570. The molecule has 0 radical (unpaired) electrons. The molecule has 68 valence electrons. The first-order valence-corrected chi connectivity index (χ1v) is 4.16. The summed E-state index contributed by atoms with van der Waals surface area (Å²) in [5.41, 5.74) is 1.17. The summed E-state index contributed by atoms with van der Waals surface area (Å²) in [4.78, 5) is 0. The molecular weight excluding hydrogens is 154 g/mol. The van der Waals surface area contributed by atoms with Gasteiger partial charge >= 0.3 is 0 Å². The van der Waals surface area contributed by atoms with E-state index in [-0.39, 0.29) is 0 Å². The molecule has 12 heavy (non-hydrogen) atoms. The van der Waals surface area contributed by atoms with E-state index in [1.165, 1.54) is 5.56 Å². The van der Waals surface area contributed by atoms with Crippen LogP contribution in [0, 0.1) is 0 Å². The lowest BCUT2D eigenvalue weighted by Crippen LogP contribution is -2.06. The Labute approximate surface area is 72.7 Å². The van der Waals surface area contributed by atoms with Crippen LogP contribution in [-0.4, -0.2) is 13.7 Å². The maximum absolute atomic E-state index is 5.25. The van der Waals surface area contributed by atoms with Gasteiger partial charge in [0.2, 0.25) is 0 Å². The van der Waals surface area contributed by atoms with Gasteiger partial charge in [0.25, 0.3) is 0 Å². The van der Waals surface area contributed by atoms with Crippen molar-refractivity contribution in [1.29, 1.82) is 0 Å². The van der Waals surface area contributed by atoms with Gasteiger partial charge in [0.05, 0.1) is 6.26 Å². The first-order valence-electron chi connectivity index (χ1n) is 4.16. The molecule has 0 aliphatic heterocycles. The molecule has 0 fully saturated rings. The van der Waals surface area contributed by atoms with E-state index in [1.807, 2.05) is 20.0 Å². The summed E-state index contributed by atoms with van der Waals surface area (Å²) in [6.07, 6.45) is 1.70. The Morgan fingerprint density at radius 1 is 1.58 bits per heavy atom. The van der Waals surface area contributed by atoms with E-state index in [4.69, 9.17) is 9.15 Å². The van der Waals surface area contributed by atoms with Crippen LogP contribution >= 0.6 is 0 Å². The molecule has 0 saturated carbocycles. The predicted octanol–water partition coefficient (Wildman–Crippen LogP) is 1.54. The van der Waals surface area contributed by atoms with Gasteiger partial charge < -0.3 is 14.5 Å². The summed E-state index contributed by atoms with van der Waals surface area (Å²) in [6, 6.07) is 1.96. The first-order chi connectivity index (χ1) is 5.88. The van der Waals surface area contributed by atoms with Gasteiger partial charge in [-0.1, -0.05) is 0 Å². The van der Waals surface area contributed by atoms with Crippen LogP contribution < -0.4 is 5.32 Å². The highest BCUT2D eigenvalue weighted by molar-refractivity contribution is 5.15. The smallest absolute Gasteiger partial charge is 0.133 e. The van der Waals surface area contributed by atoms with Gasteiger partial charge in [0, 0.05) is 18.7 Å². The Bertz CT molecular complexity index is 220. The van der Waals surface area contributed by atoms with Gasteiger partial charge in [-0.15, -0.1) is 0 Å². The minimum Gasteiger partial charge on any atom is -0.467 e. The SMILES string of the molecule is CCOCc1occc1CNC. The van der Waals surface area contributed by atoms with E-state index in [9.17, 15) is 0 Å². The standard InChI is InChI=1S/C9H15NO2/c1-3-11-7-9-8(6-10-2)4-5-12-9/h4-5,10H,3,6-7H2,1-2H3. The molecule has 1 aromatic rings. The fourth-order valence-corrected chi connectivity index (χ4v) is 1.04. The van der Waals surface area contributed by atoms with Crippen molar-refractivity contribution in [2.24, 2.45) is 0 Å². The zero-order chi connectivity index (χ0) is 8.81. The summed E-state index contributed by atoms with van der Waals surface area (Å²) in [7, 11) is 1.91. The van der Waals surface area contributed by atoms with Gasteiger partial charge in [-0.3, -0.25) is 0 Å². The maximum Gasteiger partial charge on any atom is 0.133 e. The monoisotopic (exact) mass is 169 g/mol. The molecule has 0 aliphatic rings. The van der Waals surface area contributed by atoms with Crippen molar-refractivity contribution in [3.63, 3.8) is 0 Å². The highest BCUT2D eigenvalue weighted by Gasteiger charge is 2.03. The van der Waals surface area contributed by atoms with Crippen LogP contribution in [0.1, 0.15) is 18.2 Å². The van der Waals surface area contributed by atoms with E-state index in [2.05, 4.69) is 5.32 Å². The number of hydrogen-bond acceptors (Lipinski definition) is 3. The number of nitrogens with one attached hydrogen (secondary N) is 1. The van der Waals surface area contributed by atoms with E-state index in [0.717, 1.165) is 18.9 Å². The third-order valence-electron chi connectivity index (χ3n) is 1.64.